The van der Waals surface area contributed by atoms with E-state index in [1.165, 1.54) is 0 Å². The number of likely N-dealkylation sites (tertiary alicyclic amines) is 1. The second-order valence-corrected chi connectivity index (χ2v) is 7.52. The molecule has 1 heterocycles. The molecule has 1 amide bonds. The molecule has 1 unspecified atom stereocenters. The van der Waals surface area contributed by atoms with Gasteiger partial charge in [0.15, 0.2) is 0 Å². The molecule has 1 aromatic rings. The highest BCUT2D eigenvalue weighted by Gasteiger charge is 2.30. The molecule has 1 fully saturated rings. The van der Waals surface area contributed by atoms with E-state index in [1.807, 2.05) is 6.07 Å². The summed E-state index contributed by atoms with van der Waals surface area (Å²) in [6.07, 6.45) is 2.24. The van der Waals surface area contributed by atoms with Crippen molar-refractivity contribution < 1.29 is 19.4 Å². The molecule has 132 valence electrons. The molecular weight excluding hydrogens is 374 g/mol. The van der Waals surface area contributed by atoms with Crippen LogP contribution < -0.4 is 4.74 Å². The van der Waals surface area contributed by atoms with Crippen LogP contribution in [0, 0.1) is 11.8 Å². The van der Waals surface area contributed by atoms with Gasteiger partial charge in [0.25, 0.3) is 5.91 Å². The van der Waals surface area contributed by atoms with Gasteiger partial charge in [0.05, 0.1) is 18.1 Å². The van der Waals surface area contributed by atoms with Gasteiger partial charge in [0.1, 0.15) is 5.75 Å². The van der Waals surface area contributed by atoms with Crippen molar-refractivity contribution >= 4 is 27.8 Å². The van der Waals surface area contributed by atoms with Gasteiger partial charge in [-0.05, 0) is 43.4 Å². The Hall–Kier alpha value is -1.56. The van der Waals surface area contributed by atoms with E-state index < -0.39 is 11.9 Å². The number of rotatable bonds is 6. The lowest BCUT2D eigenvalue weighted by atomic mass is 9.97. The van der Waals surface area contributed by atoms with E-state index in [2.05, 4.69) is 29.8 Å². The van der Waals surface area contributed by atoms with Crippen LogP contribution in [0.4, 0.5) is 0 Å². The van der Waals surface area contributed by atoms with Gasteiger partial charge in [-0.25, -0.2) is 0 Å². The maximum absolute atomic E-state index is 12.9. The number of carboxylic acids is 1. The van der Waals surface area contributed by atoms with E-state index in [4.69, 9.17) is 4.74 Å². The number of nitrogens with zero attached hydrogens (tertiary/aromatic N) is 1. The van der Waals surface area contributed by atoms with Crippen LogP contribution in [0.2, 0.25) is 0 Å². The molecule has 1 aliphatic rings. The van der Waals surface area contributed by atoms with E-state index in [-0.39, 0.29) is 12.5 Å². The highest BCUT2D eigenvalue weighted by molar-refractivity contribution is 9.10. The van der Waals surface area contributed by atoms with E-state index in [0.717, 1.165) is 10.9 Å². The summed E-state index contributed by atoms with van der Waals surface area (Å²) in [6, 6.07) is 5.38. The molecule has 0 radical (unpaired) electrons. The van der Waals surface area contributed by atoms with Crippen LogP contribution >= 0.6 is 15.9 Å². The number of carboxylic acid groups (broad SMARTS) is 1. The Morgan fingerprint density at radius 1 is 1.42 bits per heavy atom. The van der Waals surface area contributed by atoms with Crippen molar-refractivity contribution in [2.75, 3.05) is 19.7 Å². The SMILES string of the molecule is CC(C)CCOc1ccc(Br)cc1C(=O)N1CCCC(C(=O)O)C1. The van der Waals surface area contributed by atoms with Crippen LogP contribution in [0.25, 0.3) is 0 Å². The van der Waals surface area contributed by atoms with Crippen molar-refractivity contribution in [3.63, 3.8) is 0 Å². The summed E-state index contributed by atoms with van der Waals surface area (Å²) in [5, 5.41) is 9.21. The van der Waals surface area contributed by atoms with Gasteiger partial charge >= 0.3 is 5.97 Å². The zero-order valence-electron chi connectivity index (χ0n) is 14.1. The molecule has 1 N–H and O–H groups in total. The zero-order chi connectivity index (χ0) is 17.7. The van der Waals surface area contributed by atoms with Crippen LogP contribution in [0.15, 0.2) is 22.7 Å². The maximum atomic E-state index is 12.9. The van der Waals surface area contributed by atoms with Crippen molar-refractivity contribution in [2.24, 2.45) is 11.8 Å². The minimum Gasteiger partial charge on any atom is -0.493 e. The Balaban J connectivity index is 2.15. The summed E-state index contributed by atoms with van der Waals surface area (Å²) in [5.74, 6) is -0.406. The van der Waals surface area contributed by atoms with E-state index in [0.29, 0.717) is 43.2 Å². The smallest absolute Gasteiger partial charge is 0.308 e. The molecule has 0 aliphatic carbocycles. The fourth-order valence-electron chi connectivity index (χ4n) is 2.73. The fraction of sp³-hybridized carbons (Fsp3) is 0.556. The van der Waals surface area contributed by atoms with Crippen LogP contribution in [0.1, 0.15) is 43.5 Å². The fourth-order valence-corrected chi connectivity index (χ4v) is 3.09. The second-order valence-electron chi connectivity index (χ2n) is 6.60. The molecule has 1 aliphatic heterocycles. The Bertz CT molecular complexity index is 603. The number of piperidine rings is 1. The van der Waals surface area contributed by atoms with Gasteiger partial charge in [-0.2, -0.15) is 0 Å². The number of halogens is 1. The molecular formula is C18H24BrNO4. The highest BCUT2D eigenvalue weighted by Crippen LogP contribution is 2.27. The summed E-state index contributed by atoms with van der Waals surface area (Å²) in [5.41, 5.74) is 0.485. The second kappa shape index (κ2) is 8.51. The predicted molar refractivity (Wildman–Crippen MR) is 95.4 cm³/mol. The summed E-state index contributed by atoms with van der Waals surface area (Å²) >= 11 is 3.39. The standard InChI is InChI=1S/C18H24BrNO4/c1-12(2)7-9-24-16-6-5-14(19)10-15(16)17(21)20-8-3-4-13(11-20)18(22)23/h5-6,10,12-13H,3-4,7-9,11H2,1-2H3,(H,22,23). The first-order chi connectivity index (χ1) is 11.4. The number of amides is 1. The van der Waals surface area contributed by atoms with E-state index >= 15 is 0 Å². The largest absolute Gasteiger partial charge is 0.493 e. The normalized spacial score (nSPS) is 17.8. The number of carbonyl (C=O) groups is 2. The third-order valence-corrected chi connectivity index (χ3v) is 4.68. The van der Waals surface area contributed by atoms with Gasteiger partial charge in [0.2, 0.25) is 0 Å². The van der Waals surface area contributed by atoms with Gasteiger partial charge in [-0.15, -0.1) is 0 Å². The van der Waals surface area contributed by atoms with Crippen molar-refractivity contribution in [3.05, 3.63) is 28.2 Å². The first kappa shape index (κ1) is 18.8. The molecule has 1 saturated heterocycles. The van der Waals surface area contributed by atoms with Gasteiger partial charge in [-0.3, -0.25) is 9.59 Å². The van der Waals surface area contributed by atoms with Crippen LogP contribution in [0.5, 0.6) is 5.75 Å². The summed E-state index contributed by atoms with van der Waals surface area (Å²) in [6.45, 7) is 5.64. The monoisotopic (exact) mass is 397 g/mol. The third kappa shape index (κ3) is 4.97. The topological polar surface area (TPSA) is 66.8 Å². The number of hydrogen-bond acceptors (Lipinski definition) is 3. The van der Waals surface area contributed by atoms with Crippen LogP contribution in [-0.4, -0.2) is 41.6 Å². The molecule has 1 atom stereocenters. The van der Waals surface area contributed by atoms with Crippen molar-refractivity contribution in [3.8, 4) is 5.75 Å². The lowest BCUT2D eigenvalue weighted by molar-refractivity contribution is -0.143. The third-order valence-electron chi connectivity index (χ3n) is 4.18. The van der Waals surface area contributed by atoms with Gasteiger partial charge < -0.3 is 14.7 Å². The lowest BCUT2D eigenvalue weighted by Crippen LogP contribution is -2.42. The average Bonchev–Trinajstić information content (AvgIpc) is 2.55. The Morgan fingerprint density at radius 2 is 2.17 bits per heavy atom. The number of benzene rings is 1. The number of aliphatic carboxylic acids is 1. The Labute approximate surface area is 151 Å². The quantitative estimate of drug-likeness (QED) is 0.792. The molecule has 5 nitrogen and oxygen atoms in total. The molecule has 0 saturated carbocycles. The molecule has 0 aromatic heterocycles. The van der Waals surface area contributed by atoms with Crippen molar-refractivity contribution in [1.82, 2.24) is 4.90 Å². The Kier molecular flexibility index (Phi) is 6.66. The van der Waals surface area contributed by atoms with Gasteiger partial charge in [-0.1, -0.05) is 29.8 Å². The molecule has 1 aromatic carbocycles. The Morgan fingerprint density at radius 3 is 2.83 bits per heavy atom. The predicted octanol–water partition coefficient (Wildman–Crippen LogP) is 3.81. The molecule has 0 bridgehead atoms. The molecule has 2 rings (SSSR count). The molecule has 24 heavy (non-hydrogen) atoms. The first-order valence-corrected chi connectivity index (χ1v) is 9.12. The number of hydrogen-bond donors (Lipinski definition) is 1. The minimum absolute atomic E-state index is 0.165. The maximum Gasteiger partial charge on any atom is 0.308 e. The lowest BCUT2D eigenvalue weighted by Gasteiger charge is -2.31. The first-order valence-electron chi connectivity index (χ1n) is 8.33. The molecule has 6 heteroatoms. The minimum atomic E-state index is -0.838. The van der Waals surface area contributed by atoms with E-state index in [1.54, 1.807) is 17.0 Å². The summed E-state index contributed by atoms with van der Waals surface area (Å²) in [7, 11) is 0. The molecule has 0 spiro atoms. The van der Waals surface area contributed by atoms with Crippen molar-refractivity contribution in [1.29, 1.82) is 0 Å². The van der Waals surface area contributed by atoms with Gasteiger partial charge in [0, 0.05) is 17.6 Å². The van der Waals surface area contributed by atoms with E-state index in [9.17, 15) is 14.7 Å². The zero-order valence-corrected chi connectivity index (χ0v) is 15.7. The van der Waals surface area contributed by atoms with Crippen molar-refractivity contribution in [2.45, 2.75) is 33.1 Å². The average molecular weight is 398 g/mol. The number of ether oxygens (including phenoxy) is 1. The summed E-state index contributed by atoms with van der Waals surface area (Å²) < 4.78 is 6.60. The number of carbonyl (C=O) groups excluding carboxylic acids is 1. The van der Waals surface area contributed by atoms with Crippen LogP contribution in [-0.2, 0) is 4.79 Å². The summed E-state index contributed by atoms with van der Waals surface area (Å²) in [4.78, 5) is 25.7. The van der Waals surface area contributed by atoms with Crippen LogP contribution in [0.3, 0.4) is 0 Å². The highest BCUT2D eigenvalue weighted by atomic mass is 79.9.